The number of carbonyl (C=O) groups excluding carboxylic acids is 1. The minimum absolute atomic E-state index is 0.308. The Morgan fingerprint density at radius 3 is 2.89 bits per heavy atom. The van der Waals surface area contributed by atoms with Gasteiger partial charge in [-0.15, -0.1) is 0 Å². The highest BCUT2D eigenvalue weighted by atomic mass is 35.5. The number of allylic oxidation sites excluding steroid dienone is 2. The molecule has 0 saturated heterocycles. The molecule has 3 heteroatoms. The van der Waals surface area contributed by atoms with E-state index in [2.05, 4.69) is 0 Å². The zero-order valence-electron chi connectivity index (χ0n) is 4.89. The summed E-state index contributed by atoms with van der Waals surface area (Å²) < 4.78 is 4.92. The van der Waals surface area contributed by atoms with E-state index >= 15 is 0 Å². The summed E-state index contributed by atoms with van der Waals surface area (Å²) in [7, 11) is 0. The van der Waals surface area contributed by atoms with Gasteiger partial charge in [0.15, 0.2) is 5.76 Å². The molecule has 0 aromatic carbocycles. The lowest BCUT2D eigenvalue weighted by Crippen LogP contribution is -2.05. The van der Waals surface area contributed by atoms with Crippen LogP contribution in [0.1, 0.15) is 12.8 Å². The first kappa shape index (κ1) is 6.62. The van der Waals surface area contributed by atoms with Gasteiger partial charge in [0.25, 0.3) is 5.24 Å². The van der Waals surface area contributed by atoms with Crippen molar-refractivity contribution in [1.82, 2.24) is 0 Å². The van der Waals surface area contributed by atoms with E-state index in [1.54, 1.807) is 6.08 Å². The van der Waals surface area contributed by atoms with E-state index < -0.39 is 5.24 Å². The SMILES string of the molecule is O=C(Cl)C1=CCCCO1. The van der Waals surface area contributed by atoms with Crippen LogP contribution in [0.3, 0.4) is 0 Å². The number of rotatable bonds is 1. The fourth-order valence-electron chi connectivity index (χ4n) is 0.695. The average molecular weight is 147 g/mol. The third-order valence-corrected chi connectivity index (χ3v) is 1.32. The lowest BCUT2D eigenvalue weighted by Gasteiger charge is -2.10. The van der Waals surface area contributed by atoms with Crippen LogP contribution < -0.4 is 0 Å². The van der Waals surface area contributed by atoms with Crippen LogP contribution in [0.15, 0.2) is 11.8 Å². The first-order valence-corrected chi connectivity index (χ1v) is 3.21. The fourth-order valence-corrected chi connectivity index (χ4v) is 0.826. The molecule has 0 bridgehead atoms. The molecule has 9 heavy (non-hydrogen) atoms. The maximum Gasteiger partial charge on any atom is 0.286 e. The van der Waals surface area contributed by atoms with E-state index in [0.717, 1.165) is 12.8 Å². The fraction of sp³-hybridized carbons (Fsp3) is 0.500. The summed E-state index contributed by atoms with van der Waals surface area (Å²) in [5, 5.41) is -0.491. The van der Waals surface area contributed by atoms with Gasteiger partial charge in [-0.3, -0.25) is 4.79 Å². The number of halogens is 1. The van der Waals surface area contributed by atoms with Crippen LogP contribution in [0.2, 0.25) is 0 Å². The minimum Gasteiger partial charge on any atom is -0.489 e. The van der Waals surface area contributed by atoms with E-state index in [0.29, 0.717) is 12.4 Å². The first-order valence-electron chi connectivity index (χ1n) is 2.83. The molecule has 0 amide bonds. The highest BCUT2D eigenvalue weighted by Gasteiger charge is 2.09. The molecule has 1 aliphatic heterocycles. The largest absolute Gasteiger partial charge is 0.489 e. The quantitative estimate of drug-likeness (QED) is 0.524. The van der Waals surface area contributed by atoms with Crippen molar-refractivity contribution in [2.75, 3.05) is 6.61 Å². The second-order valence-corrected chi connectivity index (χ2v) is 2.18. The molecule has 1 aliphatic rings. The van der Waals surface area contributed by atoms with Gasteiger partial charge < -0.3 is 4.74 Å². The predicted octanol–water partition coefficient (Wildman–Crippen LogP) is 1.45. The Morgan fingerprint density at radius 2 is 2.56 bits per heavy atom. The third kappa shape index (κ3) is 1.72. The zero-order chi connectivity index (χ0) is 6.69. The molecule has 0 fully saturated rings. The van der Waals surface area contributed by atoms with Crippen LogP contribution in [0.5, 0.6) is 0 Å². The van der Waals surface area contributed by atoms with E-state index in [-0.39, 0.29) is 0 Å². The van der Waals surface area contributed by atoms with Gasteiger partial charge in [0.1, 0.15) is 0 Å². The minimum atomic E-state index is -0.491. The molecule has 2 nitrogen and oxygen atoms in total. The maximum atomic E-state index is 10.4. The second-order valence-electron chi connectivity index (χ2n) is 1.83. The molecule has 0 aromatic heterocycles. The molecule has 1 rings (SSSR count). The van der Waals surface area contributed by atoms with E-state index in [1.165, 1.54) is 0 Å². The Bertz CT molecular complexity index is 151. The van der Waals surface area contributed by atoms with Gasteiger partial charge in [-0.25, -0.2) is 0 Å². The summed E-state index contributed by atoms with van der Waals surface area (Å²) in [6, 6.07) is 0. The lowest BCUT2D eigenvalue weighted by atomic mass is 10.2. The van der Waals surface area contributed by atoms with Crippen molar-refractivity contribution in [3.63, 3.8) is 0 Å². The molecule has 0 spiro atoms. The molecule has 50 valence electrons. The summed E-state index contributed by atoms with van der Waals surface area (Å²) in [5.41, 5.74) is 0. The van der Waals surface area contributed by atoms with E-state index in [9.17, 15) is 4.79 Å². The molecular weight excluding hydrogens is 140 g/mol. The lowest BCUT2D eigenvalue weighted by molar-refractivity contribution is -0.111. The van der Waals surface area contributed by atoms with Gasteiger partial charge >= 0.3 is 0 Å². The molecule has 0 saturated carbocycles. The van der Waals surface area contributed by atoms with Crippen molar-refractivity contribution in [3.05, 3.63) is 11.8 Å². The molecule has 0 unspecified atom stereocenters. The number of hydrogen-bond donors (Lipinski definition) is 0. The summed E-state index contributed by atoms with van der Waals surface area (Å²) >= 11 is 5.12. The van der Waals surface area contributed by atoms with Crippen LogP contribution in [0.4, 0.5) is 0 Å². The smallest absolute Gasteiger partial charge is 0.286 e. The number of hydrogen-bond acceptors (Lipinski definition) is 2. The van der Waals surface area contributed by atoms with Crippen molar-refractivity contribution in [3.8, 4) is 0 Å². The van der Waals surface area contributed by atoms with Crippen molar-refractivity contribution < 1.29 is 9.53 Å². The van der Waals surface area contributed by atoms with Crippen LogP contribution in [0, 0.1) is 0 Å². The van der Waals surface area contributed by atoms with Crippen molar-refractivity contribution in [1.29, 1.82) is 0 Å². The monoisotopic (exact) mass is 146 g/mol. The molecule has 0 radical (unpaired) electrons. The van der Waals surface area contributed by atoms with Crippen molar-refractivity contribution >= 4 is 16.8 Å². The standard InChI is InChI=1S/C6H7ClO2/c7-6(8)5-3-1-2-4-9-5/h3H,1-2,4H2. The van der Waals surface area contributed by atoms with Crippen LogP contribution in [0.25, 0.3) is 0 Å². The van der Waals surface area contributed by atoms with Gasteiger partial charge in [-0.1, -0.05) is 0 Å². The number of carbonyl (C=O) groups is 1. The van der Waals surface area contributed by atoms with Gasteiger partial charge in [0.2, 0.25) is 0 Å². The van der Waals surface area contributed by atoms with Crippen molar-refractivity contribution in [2.24, 2.45) is 0 Å². The average Bonchev–Trinajstić information content (AvgIpc) is 1.90. The van der Waals surface area contributed by atoms with Gasteiger partial charge in [-0.2, -0.15) is 0 Å². The topological polar surface area (TPSA) is 26.3 Å². The summed E-state index contributed by atoms with van der Waals surface area (Å²) in [4.78, 5) is 10.4. The molecule has 0 aliphatic carbocycles. The maximum absolute atomic E-state index is 10.4. The highest BCUT2D eigenvalue weighted by molar-refractivity contribution is 6.67. The Labute approximate surface area is 58.4 Å². The Morgan fingerprint density at radius 1 is 1.78 bits per heavy atom. The summed E-state index contributed by atoms with van der Waals surface area (Å²) in [6.07, 6.45) is 3.60. The van der Waals surface area contributed by atoms with Gasteiger partial charge in [0, 0.05) is 0 Å². The van der Waals surface area contributed by atoms with Gasteiger partial charge in [0.05, 0.1) is 6.61 Å². The van der Waals surface area contributed by atoms with Crippen LogP contribution in [-0.2, 0) is 9.53 Å². The molecule has 0 aromatic rings. The van der Waals surface area contributed by atoms with Crippen LogP contribution >= 0.6 is 11.6 Å². The highest BCUT2D eigenvalue weighted by Crippen LogP contribution is 2.11. The van der Waals surface area contributed by atoms with E-state index in [1.807, 2.05) is 0 Å². The number of ether oxygens (including phenoxy) is 1. The Hall–Kier alpha value is -0.500. The molecule has 0 N–H and O–H groups in total. The predicted molar refractivity (Wildman–Crippen MR) is 34.1 cm³/mol. The molecule has 1 heterocycles. The third-order valence-electron chi connectivity index (χ3n) is 1.13. The first-order chi connectivity index (χ1) is 4.30. The van der Waals surface area contributed by atoms with Crippen molar-refractivity contribution in [2.45, 2.75) is 12.8 Å². The van der Waals surface area contributed by atoms with E-state index in [4.69, 9.17) is 16.3 Å². The Kier molecular flexibility index (Phi) is 2.11. The Balaban J connectivity index is 2.57. The zero-order valence-corrected chi connectivity index (χ0v) is 5.65. The summed E-state index contributed by atoms with van der Waals surface area (Å²) in [5.74, 6) is 0.308. The summed E-state index contributed by atoms with van der Waals surface area (Å²) in [6.45, 7) is 0.615. The normalized spacial score (nSPS) is 18.1. The molecular formula is C6H7ClO2. The molecule has 0 atom stereocenters. The van der Waals surface area contributed by atoms with Gasteiger partial charge in [-0.05, 0) is 30.5 Å². The second kappa shape index (κ2) is 2.87. The van der Waals surface area contributed by atoms with Crippen LogP contribution in [-0.4, -0.2) is 11.8 Å².